The fourth-order valence-electron chi connectivity index (χ4n) is 3.10. The molecule has 0 spiro atoms. The van der Waals surface area contributed by atoms with Crippen molar-refractivity contribution in [3.63, 3.8) is 0 Å². The highest BCUT2D eigenvalue weighted by Crippen LogP contribution is 2.42. The molecule has 0 unspecified atom stereocenters. The summed E-state index contributed by atoms with van der Waals surface area (Å²) in [5.41, 5.74) is 6.78. The monoisotopic (exact) mass is 226 g/mol. The van der Waals surface area contributed by atoms with Gasteiger partial charge >= 0.3 is 0 Å². The first-order valence-corrected chi connectivity index (χ1v) is 6.77. The largest absolute Gasteiger partial charge is 0.329 e. The van der Waals surface area contributed by atoms with E-state index < -0.39 is 0 Å². The molecule has 0 radical (unpaired) electrons. The first kappa shape index (κ1) is 14.0. The van der Waals surface area contributed by atoms with Gasteiger partial charge in [0.2, 0.25) is 0 Å². The van der Waals surface area contributed by atoms with Gasteiger partial charge in [-0.1, -0.05) is 27.7 Å². The fraction of sp³-hybridized carbons (Fsp3) is 1.00. The minimum atomic E-state index is 0.288. The van der Waals surface area contributed by atoms with Crippen LogP contribution in [0.15, 0.2) is 0 Å². The van der Waals surface area contributed by atoms with E-state index in [-0.39, 0.29) is 5.54 Å². The summed E-state index contributed by atoms with van der Waals surface area (Å²) in [6.07, 6.45) is 5.22. The third kappa shape index (κ3) is 2.78. The molecule has 0 bridgehead atoms. The molecule has 0 aromatic rings. The Bertz CT molecular complexity index is 209. The fourth-order valence-corrected chi connectivity index (χ4v) is 3.10. The van der Waals surface area contributed by atoms with Crippen LogP contribution in [0.4, 0.5) is 0 Å². The molecule has 0 heterocycles. The molecule has 16 heavy (non-hydrogen) atoms. The van der Waals surface area contributed by atoms with Crippen molar-refractivity contribution in [3.8, 4) is 0 Å². The van der Waals surface area contributed by atoms with Crippen LogP contribution in [0.2, 0.25) is 0 Å². The SMILES string of the molecule is CCN(C)C1(CN)CCC(C(C)(C)C)CC1. The normalized spacial score (nSPS) is 32.1. The number of hydrogen-bond donors (Lipinski definition) is 1. The molecule has 1 saturated carbocycles. The van der Waals surface area contributed by atoms with E-state index in [9.17, 15) is 0 Å². The third-order valence-electron chi connectivity index (χ3n) is 4.81. The zero-order valence-corrected chi connectivity index (χ0v) is 11.8. The molecule has 96 valence electrons. The molecule has 1 aliphatic rings. The first-order valence-electron chi connectivity index (χ1n) is 6.77. The van der Waals surface area contributed by atoms with E-state index in [2.05, 4.69) is 39.6 Å². The summed E-state index contributed by atoms with van der Waals surface area (Å²) in [6.45, 7) is 11.3. The maximum atomic E-state index is 6.03. The summed E-state index contributed by atoms with van der Waals surface area (Å²) in [6, 6.07) is 0. The Balaban J connectivity index is 2.64. The number of nitrogens with zero attached hydrogens (tertiary/aromatic N) is 1. The van der Waals surface area contributed by atoms with Gasteiger partial charge < -0.3 is 5.73 Å². The molecule has 0 aliphatic heterocycles. The summed E-state index contributed by atoms with van der Waals surface area (Å²) in [5.74, 6) is 0.873. The van der Waals surface area contributed by atoms with Crippen molar-refractivity contribution < 1.29 is 0 Å². The maximum absolute atomic E-state index is 6.03. The van der Waals surface area contributed by atoms with Crippen LogP contribution in [0.1, 0.15) is 53.4 Å². The van der Waals surface area contributed by atoms with Gasteiger partial charge in [0.25, 0.3) is 0 Å². The lowest BCUT2D eigenvalue weighted by Gasteiger charge is -2.48. The molecule has 0 saturated heterocycles. The van der Waals surface area contributed by atoms with E-state index in [0.717, 1.165) is 19.0 Å². The lowest BCUT2D eigenvalue weighted by molar-refractivity contribution is 0.0415. The van der Waals surface area contributed by atoms with Gasteiger partial charge in [-0.25, -0.2) is 0 Å². The molecule has 2 nitrogen and oxygen atoms in total. The quantitative estimate of drug-likeness (QED) is 0.802. The predicted molar refractivity (Wildman–Crippen MR) is 71.5 cm³/mol. The maximum Gasteiger partial charge on any atom is 0.0328 e. The Morgan fingerprint density at radius 3 is 2.06 bits per heavy atom. The third-order valence-corrected chi connectivity index (χ3v) is 4.81. The van der Waals surface area contributed by atoms with E-state index in [1.54, 1.807) is 0 Å². The van der Waals surface area contributed by atoms with Crippen molar-refractivity contribution in [1.82, 2.24) is 4.90 Å². The van der Waals surface area contributed by atoms with E-state index in [1.165, 1.54) is 25.7 Å². The van der Waals surface area contributed by atoms with Crippen molar-refractivity contribution in [2.24, 2.45) is 17.1 Å². The number of rotatable bonds is 3. The predicted octanol–water partition coefficient (Wildman–Crippen LogP) is 2.87. The number of nitrogens with two attached hydrogens (primary N) is 1. The average molecular weight is 226 g/mol. The Morgan fingerprint density at radius 1 is 1.25 bits per heavy atom. The van der Waals surface area contributed by atoms with Crippen LogP contribution in [0.3, 0.4) is 0 Å². The van der Waals surface area contributed by atoms with Crippen molar-refractivity contribution in [2.45, 2.75) is 58.9 Å². The van der Waals surface area contributed by atoms with Gasteiger partial charge in [-0.3, -0.25) is 4.90 Å². The summed E-state index contributed by atoms with van der Waals surface area (Å²) in [5, 5.41) is 0. The van der Waals surface area contributed by atoms with Crippen molar-refractivity contribution >= 4 is 0 Å². The summed E-state index contributed by atoms with van der Waals surface area (Å²) in [7, 11) is 2.23. The highest BCUT2D eigenvalue weighted by Gasteiger charge is 2.39. The van der Waals surface area contributed by atoms with Gasteiger partial charge in [0.1, 0.15) is 0 Å². The average Bonchev–Trinajstić information content (AvgIpc) is 2.26. The van der Waals surface area contributed by atoms with Crippen molar-refractivity contribution in [2.75, 3.05) is 20.1 Å². The Hall–Kier alpha value is -0.0800. The standard InChI is InChI=1S/C14H30N2/c1-6-16(5)14(11-15)9-7-12(8-10-14)13(2,3)4/h12H,6-11,15H2,1-5H3. The van der Waals surface area contributed by atoms with Crippen molar-refractivity contribution in [1.29, 1.82) is 0 Å². The molecule has 1 fully saturated rings. The molecule has 2 N–H and O–H groups in total. The van der Waals surface area contributed by atoms with Gasteiger partial charge in [0.05, 0.1) is 0 Å². The molecule has 1 rings (SSSR count). The highest BCUT2D eigenvalue weighted by molar-refractivity contribution is 4.96. The minimum Gasteiger partial charge on any atom is -0.329 e. The van der Waals surface area contributed by atoms with Gasteiger partial charge in [-0.2, -0.15) is 0 Å². The topological polar surface area (TPSA) is 29.3 Å². The summed E-state index contributed by atoms with van der Waals surface area (Å²) >= 11 is 0. The molecule has 0 aromatic heterocycles. The lowest BCUT2D eigenvalue weighted by atomic mass is 9.67. The van der Waals surface area contributed by atoms with Crippen molar-refractivity contribution in [3.05, 3.63) is 0 Å². The van der Waals surface area contributed by atoms with Crippen LogP contribution < -0.4 is 5.73 Å². The highest BCUT2D eigenvalue weighted by atomic mass is 15.2. The Labute approximate surface area is 102 Å². The molecule has 0 atom stereocenters. The molecule has 2 heteroatoms. The molecule has 0 aromatic carbocycles. The van der Waals surface area contributed by atoms with Crippen LogP contribution in [-0.2, 0) is 0 Å². The minimum absolute atomic E-state index is 0.288. The van der Waals surface area contributed by atoms with Crippen LogP contribution in [0.5, 0.6) is 0 Å². The molecule has 0 amide bonds. The van der Waals surface area contributed by atoms with Gasteiger partial charge in [-0.15, -0.1) is 0 Å². The first-order chi connectivity index (χ1) is 7.35. The zero-order chi connectivity index (χ0) is 12.4. The molecular weight excluding hydrogens is 196 g/mol. The van der Waals surface area contributed by atoms with E-state index in [1.807, 2.05) is 0 Å². The molecular formula is C14H30N2. The lowest BCUT2D eigenvalue weighted by Crippen LogP contribution is -2.54. The van der Waals surface area contributed by atoms with Crippen LogP contribution in [0, 0.1) is 11.3 Å². The Kier molecular flexibility index (Phi) is 4.42. The van der Waals surface area contributed by atoms with Gasteiger partial charge in [0, 0.05) is 12.1 Å². The smallest absolute Gasteiger partial charge is 0.0328 e. The second kappa shape index (κ2) is 5.05. The second-order valence-corrected chi connectivity index (χ2v) is 6.58. The number of likely N-dealkylation sites (N-methyl/N-ethyl adjacent to an activating group) is 1. The second-order valence-electron chi connectivity index (χ2n) is 6.58. The zero-order valence-electron chi connectivity index (χ0n) is 11.8. The summed E-state index contributed by atoms with van der Waals surface area (Å²) < 4.78 is 0. The van der Waals surface area contributed by atoms with E-state index in [4.69, 9.17) is 5.73 Å². The van der Waals surface area contributed by atoms with Gasteiger partial charge in [0.15, 0.2) is 0 Å². The van der Waals surface area contributed by atoms with E-state index in [0.29, 0.717) is 5.41 Å². The van der Waals surface area contributed by atoms with Gasteiger partial charge in [-0.05, 0) is 50.6 Å². The molecule has 1 aliphatic carbocycles. The van der Waals surface area contributed by atoms with Crippen LogP contribution >= 0.6 is 0 Å². The Morgan fingerprint density at radius 2 is 1.75 bits per heavy atom. The number of hydrogen-bond acceptors (Lipinski definition) is 2. The van der Waals surface area contributed by atoms with Crippen LogP contribution in [0.25, 0.3) is 0 Å². The summed E-state index contributed by atoms with van der Waals surface area (Å²) in [4.78, 5) is 2.46. The van der Waals surface area contributed by atoms with E-state index >= 15 is 0 Å². The van der Waals surface area contributed by atoms with Crippen LogP contribution in [-0.4, -0.2) is 30.6 Å².